The Hall–Kier alpha value is -1.45. The van der Waals surface area contributed by atoms with Crippen molar-refractivity contribution in [3.63, 3.8) is 0 Å². The van der Waals surface area contributed by atoms with Gasteiger partial charge in [0.15, 0.2) is 0 Å². The summed E-state index contributed by atoms with van der Waals surface area (Å²) >= 11 is 0. The number of nitrogens with zero attached hydrogens (tertiary/aromatic N) is 1. The van der Waals surface area contributed by atoms with Crippen LogP contribution in [-0.2, 0) is 5.92 Å². The molecule has 1 atom stereocenters. The van der Waals surface area contributed by atoms with Gasteiger partial charge in [0.25, 0.3) is 5.92 Å². The smallest absolute Gasteiger partial charge is 0.289 e. The minimum absolute atomic E-state index is 0.146. The summed E-state index contributed by atoms with van der Waals surface area (Å²) in [6.45, 7) is 0. The molecule has 2 nitrogen and oxygen atoms in total. The van der Waals surface area contributed by atoms with Crippen molar-refractivity contribution < 1.29 is 8.78 Å². The highest BCUT2D eigenvalue weighted by molar-refractivity contribution is 5.30. The van der Waals surface area contributed by atoms with E-state index in [1.165, 1.54) is 18.2 Å². The lowest BCUT2D eigenvalue weighted by molar-refractivity contribution is -0.0236. The third-order valence-electron chi connectivity index (χ3n) is 3.39. The maximum Gasteiger partial charge on any atom is 0.289 e. The van der Waals surface area contributed by atoms with Crippen LogP contribution in [0.5, 0.6) is 0 Å². The molecule has 0 spiro atoms. The van der Waals surface area contributed by atoms with Crippen molar-refractivity contribution in [1.82, 2.24) is 4.98 Å². The predicted molar refractivity (Wildman–Crippen MR) is 68.3 cm³/mol. The Kier molecular flexibility index (Phi) is 3.94. The summed E-state index contributed by atoms with van der Waals surface area (Å²) in [6, 6.07) is 4.39. The minimum Gasteiger partial charge on any atom is -0.384 e. The first-order chi connectivity index (χ1) is 8.58. The van der Waals surface area contributed by atoms with E-state index < -0.39 is 5.92 Å². The number of hydrogen-bond donors (Lipinski definition) is 1. The Balaban J connectivity index is 1.96. The van der Waals surface area contributed by atoms with Gasteiger partial charge in [-0.05, 0) is 43.7 Å². The summed E-state index contributed by atoms with van der Waals surface area (Å²) in [5.41, 5.74) is 5.23. The molecule has 0 aromatic carbocycles. The molecule has 0 amide bonds. The van der Waals surface area contributed by atoms with E-state index in [0.29, 0.717) is 12.3 Å². The Labute approximate surface area is 106 Å². The highest BCUT2D eigenvalue weighted by Crippen LogP contribution is 2.35. The summed E-state index contributed by atoms with van der Waals surface area (Å²) in [7, 11) is 0. The van der Waals surface area contributed by atoms with Crippen LogP contribution in [0.15, 0.2) is 30.4 Å². The van der Waals surface area contributed by atoms with Gasteiger partial charge in [-0.2, -0.15) is 8.78 Å². The van der Waals surface area contributed by atoms with E-state index >= 15 is 0 Å². The molecule has 1 unspecified atom stereocenters. The van der Waals surface area contributed by atoms with Crippen LogP contribution in [0.3, 0.4) is 0 Å². The molecule has 0 fully saturated rings. The summed E-state index contributed by atoms with van der Waals surface area (Å²) in [4.78, 5) is 3.72. The molecular formula is C14H18F2N2. The molecule has 2 rings (SSSR count). The molecular weight excluding hydrogens is 234 g/mol. The molecule has 0 radical (unpaired) electrons. The van der Waals surface area contributed by atoms with Gasteiger partial charge >= 0.3 is 0 Å². The third kappa shape index (κ3) is 3.28. The van der Waals surface area contributed by atoms with Crippen LogP contribution in [0.25, 0.3) is 0 Å². The summed E-state index contributed by atoms with van der Waals surface area (Å²) in [5, 5.41) is 0. The molecule has 1 aromatic rings. The zero-order valence-corrected chi connectivity index (χ0v) is 10.3. The zero-order valence-electron chi connectivity index (χ0n) is 10.3. The third-order valence-corrected chi connectivity index (χ3v) is 3.39. The Morgan fingerprint density at radius 3 is 2.83 bits per heavy atom. The molecule has 98 valence electrons. The van der Waals surface area contributed by atoms with Gasteiger partial charge in [-0.3, -0.25) is 0 Å². The number of rotatable bonds is 4. The number of allylic oxidation sites excluding steroid dienone is 2. The van der Waals surface area contributed by atoms with Crippen LogP contribution in [0.4, 0.5) is 14.6 Å². The lowest BCUT2D eigenvalue weighted by Crippen LogP contribution is -2.18. The molecule has 18 heavy (non-hydrogen) atoms. The minimum atomic E-state index is -2.88. The van der Waals surface area contributed by atoms with Crippen molar-refractivity contribution in [2.24, 2.45) is 5.92 Å². The van der Waals surface area contributed by atoms with Gasteiger partial charge < -0.3 is 5.73 Å². The summed E-state index contributed by atoms with van der Waals surface area (Å²) < 4.78 is 27.9. The van der Waals surface area contributed by atoms with Crippen molar-refractivity contribution in [2.75, 3.05) is 5.73 Å². The van der Waals surface area contributed by atoms with E-state index in [1.807, 2.05) is 0 Å². The van der Waals surface area contributed by atoms with Gasteiger partial charge in [-0.1, -0.05) is 18.2 Å². The molecule has 1 aliphatic rings. The lowest BCUT2D eigenvalue weighted by Gasteiger charge is -2.21. The Morgan fingerprint density at radius 2 is 2.17 bits per heavy atom. The molecule has 1 heterocycles. The topological polar surface area (TPSA) is 38.9 Å². The number of pyridine rings is 1. The van der Waals surface area contributed by atoms with E-state index in [9.17, 15) is 8.78 Å². The van der Waals surface area contributed by atoms with E-state index in [4.69, 9.17) is 5.73 Å². The molecule has 0 bridgehead atoms. The SMILES string of the molecule is Nc1cccc(C(F)(F)CCC2CC=CCC2)n1. The van der Waals surface area contributed by atoms with Crippen molar-refractivity contribution in [2.45, 2.75) is 38.0 Å². The fourth-order valence-electron chi connectivity index (χ4n) is 2.29. The maximum atomic E-state index is 14.0. The molecule has 1 aliphatic carbocycles. The maximum absolute atomic E-state index is 14.0. The van der Waals surface area contributed by atoms with E-state index in [-0.39, 0.29) is 17.9 Å². The fourth-order valence-corrected chi connectivity index (χ4v) is 2.29. The van der Waals surface area contributed by atoms with E-state index in [1.54, 1.807) is 0 Å². The molecule has 4 heteroatoms. The van der Waals surface area contributed by atoms with Crippen LogP contribution < -0.4 is 5.73 Å². The van der Waals surface area contributed by atoms with Gasteiger partial charge in [0.1, 0.15) is 11.5 Å². The van der Waals surface area contributed by atoms with Crippen LogP contribution in [0, 0.1) is 5.92 Å². The molecule has 2 N–H and O–H groups in total. The second-order valence-electron chi connectivity index (χ2n) is 4.84. The normalized spacial score (nSPS) is 20.0. The van der Waals surface area contributed by atoms with Gasteiger partial charge in [-0.15, -0.1) is 0 Å². The van der Waals surface area contributed by atoms with Gasteiger partial charge in [0.2, 0.25) is 0 Å². The van der Waals surface area contributed by atoms with Crippen LogP contribution in [-0.4, -0.2) is 4.98 Å². The van der Waals surface area contributed by atoms with Crippen molar-refractivity contribution >= 4 is 5.82 Å². The average molecular weight is 252 g/mol. The zero-order chi connectivity index (χ0) is 13.0. The first-order valence-corrected chi connectivity index (χ1v) is 6.34. The fraction of sp³-hybridized carbons (Fsp3) is 0.500. The number of alkyl halides is 2. The molecule has 0 saturated carbocycles. The largest absolute Gasteiger partial charge is 0.384 e. The van der Waals surface area contributed by atoms with Crippen molar-refractivity contribution in [3.8, 4) is 0 Å². The number of nitrogen functional groups attached to an aromatic ring is 1. The van der Waals surface area contributed by atoms with Gasteiger partial charge in [-0.25, -0.2) is 4.98 Å². The summed E-state index contributed by atoms with van der Waals surface area (Å²) in [6.07, 6.45) is 7.53. The van der Waals surface area contributed by atoms with Crippen LogP contribution in [0.2, 0.25) is 0 Å². The number of anilines is 1. The molecule has 0 aliphatic heterocycles. The Bertz CT molecular complexity index is 430. The van der Waals surface area contributed by atoms with E-state index in [0.717, 1.165) is 19.3 Å². The first-order valence-electron chi connectivity index (χ1n) is 6.34. The van der Waals surface area contributed by atoms with Gasteiger partial charge in [0, 0.05) is 6.42 Å². The van der Waals surface area contributed by atoms with Crippen molar-refractivity contribution in [1.29, 1.82) is 0 Å². The van der Waals surface area contributed by atoms with Gasteiger partial charge in [0.05, 0.1) is 0 Å². The molecule has 0 saturated heterocycles. The highest BCUT2D eigenvalue weighted by Gasteiger charge is 2.33. The van der Waals surface area contributed by atoms with Crippen molar-refractivity contribution in [3.05, 3.63) is 36.0 Å². The number of aromatic nitrogens is 1. The highest BCUT2D eigenvalue weighted by atomic mass is 19.3. The quantitative estimate of drug-likeness (QED) is 0.825. The average Bonchev–Trinajstić information content (AvgIpc) is 2.38. The lowest BCUT2D eigenvalue weighted by atomic mass is 9.89. The second kappa shape index (κ2) is 5.46. The second-order valence-corrected chi connectivity index (χ2v) is 4.84. The Morgan fingerprint density at radius 1 is 1.33 bits per heavy atom. The number of hydrogen-bond acceptors (Lipinski definition) is 2. The summed E-state index contributed by atoms with van der Waals surface area (Å²) in [5.74, 6) is -2.36. The number of nitrogens with two attached hydrogens (primary N) is 1. The monoisotopic (exact) mass is 252 g/mol. The van der Waals surface area contributed by atoms with E-state index in [2.05, 4.69) is 17.1 Å². The standard InChI is InChI=1S/C14H18F2N2/c15-14(16,12-7-4-8-13(17)18-12)10-9-11-5-2-1-3-6-11/h1-2,4,7-8,11H,3,5-6,9-10H2,(H2,17,18). The predicted octanol–water partition coefficient (Wildman–Crippen LogP) is 3.89. The van der Waals surface area contributed by atoms with Crippen LogP contribution >= 0.6 is 0 Å². The molecule has 1 aromatic heterocycles. The number of halogens is 2. The van der Waals surface area contributed by atoms with Crippen LogP contribution in [0.1, 0.15) is 37.8 Å². The first kappa shape index (κ1) is 13.0.